The van der Waals surface area contributed by atoms with E-state index < -0.39 is 5.82 Å². The van der Waals surface area contributed by atoms with E-state index in [1.807, 2.05) is 6.07 Å². The highest BCUT2D eigenvalue weighted by molar-refractivity contribution is 8.93. The van der Waals surface area contributed by atoms with Crippen LogP contribution in [0.15, 0.2) is 18.2 Å². The van der Waals surface area contributed by atoms with Gasteiger partial charge in [-0.25, -0.2) is 4.39 Å². The topological polar surface area (TPSA) is 33.0 Å². The van der Waals surface area contributed by atoms with E-state index in [-0.39, 0.29) is 29.2 Å². The monoisotopic (exact) mass is 245 g/mol. The lowest BCUT2D eigenvalue weighted by atomic mass is 10.1. The molecule has 4 heteroatoms. The zero-order valence-corrected chi connectivity index (χ0v) is 8.79. The summed E-state index contributed by atoms with van der Waals surface area (Å²) in [4.78, 5) is 0. The average Bonchev–Trinajstić information content (AvgIpc) is 2.05. The summed E-state index contributed by atoms with van der Waals surface area (Å²) in [6.45, 7) is 0. The van der Waals surface area contributed by atoms with Gasteiger partial charge in [-0.05, 0) is 6.07 Å². The van der Waals surface area contributed by atoms with Crippen molar-refractivity contribution in [1.82, 2.24) is 0 Å². The number of hydrogen-bond acceptors (Lipinski definition) is 2. The molecule has 13 heavy (non-hydrogen) atoms. The largest absolute Gasteiger partial charge is 0.493 e. The Kier molecular flexibility index (Phi) is 5.09. The molecular weight excluding hydrogens is 237 g/mol. The Morgan fingerprint density at radius 2 is 2.23 bits per heavy atom. The van der Waals surface area contributed by atoms with E-state index in [4.69, 9.17) is 10.00 Å². The molecule has 0 amide bonds. The second kappa shape index (κ2) is 5.55. The lowest BCUT2D eigenvalue weighted by Gasteiger charge is -2.05. The van der Waals surface area contributed by atoms with Gasteiger partial charge < -0.3 is 4.74 Å². The summed E-state index contributed by atoms with van der Waals surface area (Å²) in [5, 5.41) is 8.40. The minimum absolute atomic E-state index is 0. The van der Waals surface area contributed by atoms with Crippen LogP contribution >= 0.6 is 17.0 Å². The first-order chi connectivity index (χ1) is 5.79. The quantitative estimate of drug-likeness (QED) is 0.803. The van der Waals surface area contributed by atoms with Crippen LogP contribution in [-0.4, -0.2) is 7.11 Å². The zero-order valence-electron chi connectivity index (χ0n) is 7.08. The number of nitriles is 1. The number of ether oxygens (including phenoxy) is 1. The second-order valence-corrected chi connectivity index (χ2v) is 2.27. The molecule has 0 N–H and O–H groups in total. The van der Waals surface area contributed by atoms with Gasteiger partial charge in [0.2, 0.25) is 0 Å². The summed E-state index contributed by atoms with van der Waals surface area (Å²) in [6, 6.07) is 6.48. The Labute approximate surface area is 86.7 Å². The lowest BCUT2D eigenvalue weighted by molar-refractivity contribution is 0.382. The summed E-state index contributed by atoms with van der Waals surface area (Å²) in [7, 11) is 1.39. The van der Waals surface area contributed by atoms with Crippen LogP contribution in [-0.2, 0) is 6.42 Å². The van der Waals surface area contributed by atoms with E-state index in [0.717, 1.165) is 0 Å². The van der Waals surface area contributed by atoms with Crippen LogP contribution in [0.4, 0.5) is 4.39 Å². The first-order valence-corrected chi connectivity index (χ1v) is 3.48. The second-order valence-electron chi connectivity index (χ2n) is 2.27. The molecule has 1 aromatic rings. The number of benzene rings is 1. The van der Waals surface area contributed by atoms with Crippen molar-refractivity contribution >= 4 is 17.0 Å². The van der Waals surface area contributed by atoms with E-state index in [2.05, 4.69) is 0 Å². The molecule has 70 valence electrons. The average molecular weight is 246 g/mol. The van der Waals surface area contributed by atoms with Crippen molar-refractivity contribution in [2.75, 3.05) is 7.11 Å². The molecule has 2 nitrogen and oxygen atoms in total. The van der Waals surface area contributed by atoms with Gasteiger partial charge in [-0.2, -0.15) is 5.26 Å². The molecule has 0 aliphatic rings. The van der Waals surface area contributed by atoms with Crippen LogP contribution in [0.3, 0.4) is 0 Å². The molecule has 0 fully saturated rings. The fraction of sp³-hybridized carbons (Fsp3) is 0.222. The molecule has 0 aromatic heterocycles. The third kappa shape index (κ3) is 2.71. The highest BCUT2D eigenvalue weighted by Crippen LogP contribution is 2.21. The number of para-hydroxylation sites is 1. The van der Waals surface area contributed by atoms with Gasteiger partial charge in [0.05, 0.1) is 19.6 Å². The van der Waals surface area contributed by atoms with Gasteiger partial charge in [-0.1, -0.05) is 12.1 Å². The number of rotatable bonds is 2. The van der Waals surface area contributed by atoms with Crippen LogP contribution in [0.25, 0.3) is 0 Å². The Hall–Kier alpha value is -1.08. The fourth-order valence-electron chi connectivity index (χ4n) is 1.01. The van der Waals surface area contributed by atoms with Gasteiger partial charge >= 0.3 is 0 Å². The molecule has 0 bridgehead atoms. The van der Waals surface area contributed by atoms with Crippen molar-refractivity contribution in [3.05, 3.63) is 29.6 Å². The maximum absolute atomic E-state index is 12.9. The normalized spacial score (nSPS) is 8.38. The maximum atomic E-state index is 12.9. The predicted octanol–water partition coefficient (Wildman–Crippen LogP) is 2.48. The van der Waals surface area contributed by atoms with E-state index in [0.29, 0.717) is 5.56 Å². The van der Waals surface area contributed by atoms with Gasteiger partial charge in [-0.3, -0.25) is 0 Å². The van der Waals surface area contributed by atoms with Crippen LogP contribution in [0.5, 0.6) is 5.75 Å². The Morgan fingerprint density at radius 1 is 1.54 bits per heavy atom. The highest BCUT2D eigenvalue weighted by atomic mass is 79.9. The fourth-order valence-corrected chi connectivity index (χ4v) is 1.01. The number of methoxy groups -OCH3 is 1. The molecule has 0 atom stereocenters. The Balaban J connectivity index is 0.00000144. The summed E-state index contributed by atoms with van der Waals surface area (Å²) in [6.07, 6.45) is 0.168. The van der Waals surface area contributed by atoms with Gasteiger partial charge in [-0.15, -0.1) is 17.0 Å². The number of nitrogens with zero attached hydrogens (tertiary/aromatic N) is 1. The molecule has 1 rings (SSSR count). The molecule has 0 radical (unpaired) electrons. The van der Waals surface area contributed by atoms with Crippen LogP contribution in [0.2, 0.25) is 0 Å². The maximum Gasteiger partial charge on any atom is 0.165 e. The minimum atomic E-state index is -0.426. The molecule has 0 unspecified atom stereocenters. The van der Waals surface area contributed by atoms with Crippen molar-refractivity contribution in [1.29, 1.82) is 5.26 Å². The van der Waals surface area contributed by atoms with Crippen LogP contribution in [0, 0.1) is 17.1 Å². The molecule has 0 saturated carbocycles. The first kappa shape index (κ1) is 11.9. The highest BCUT2D eigenvalue weighted by Gasteiger charge is 2.06. The molecular formula is C9H9BrFNO. The van der Waals surface area contributed by atoms with Crippen molar-refractivity contribution in [3.8, 4) is 11.8 Å². The van der Waals surface area contributed by atoms with Crippen molar-refractivity contribution in [2.24, 2.45) is 0 Å². The standard InChI is InChI=1S/C9H8FNO.BrH/c1-12-9-7(5-6-11)3-2-4-8(9)10;/h2-4H,5H2,1H3;1H. The summed E-state index contributed by atoms with van der Waals surface area (Å²) in [5.74, 6) is -0.260. The third-order valence-electron chi connectivity index (χ3n) is 1.52. The number of halogens is 2. The number of hydrogen-bond donors (Lipinski definition) is 0. The molecule has 0 saturated heterocycles. The van der Waals surface area contributed by atoms with Crippen LogP contribution < -0.4 is 4.74 Å². The van der Waals surface area contributed by atoms with Crippen LogP contribution in [0.1, 0.15) is 5.56 Å². The summed E-state index contributed by atoms with van der Waals surface area (Å²) < 4.78 is 17.7. The Morgan fingerprint density at radius 3 is 2.77 bits per heavy atom. The lowest BCUT2D eigenvalue weighted by Crippen LogP contribution is -1.93. The van der Waals surface area contributed by atoms with E-state index in [1.54, 1.807) is 12.1 Å². The van der Waals surface area contributed by atoms with E-state index in [9.17, 15) is 4.39 Å². The van der Waals surface area contributed by atoms with Gasteiger partial charge in [0.25, 0.3) is 0 Å². The zero-order chi connectivity index (χ0) is 8.97. The minimum Gasteiger partial charge on any atom is -0.493 e. The predicted molar refractivity (Wildman–Crippen MR) is 52.6 cm³/mol. The smallest absolute Gasteiger partial charge is 0.165 e. The van der Waals surface area contributed by atoms with E-state index in [1.165, 1.54) is 13.2 Å². The molecule has 0 spiro atoms. The van der Waals surface area contributed by atoms with E-state index >= 15 is 0 Å². The van der Waals surface area contributed by atoms with Gasteiger partial charge in [0.1, 0.15) is 0 Å². The molecule has 0 heterocycles. The molecule has 0 aliphatic carbocycles. The Bertz CT molecular complexity index is 322. The van der Waals surface area contributed by atoms with Crippen molar-refractivity contribution in [2.45, 2.75) is 6.42 Å². The van der Waals surface area contributed by atoms with Crippen molar-refractivity contribution in [3.63, 3.8) is 0 Å². The summed E-state index contributed by atoms with van der Waals surface area (Å²) in [5.41, 5.74) is 0.583. The first-order valence-electron chi connectivity index (χ1n) is 3.48. The van der Waals surface area contributed by atoms with Crippen molar-refractivity contribution < 1.29 is 9.13 Å². The molecule has 1 aromatic carbocycles. The van der Waals surface area contributed by atoms with Gasteiger partial charge in [0.15, 0.2) is 11.6 Å². The SMILES string of the molecule is Br.COc1c(F)cccc1CC#N. The molecule has 0 aliphatic heterocycles. The van der Waals surface area contributed by atoms with Gasteiger partial charge in [0, 0.05) is 5.56 Å². The third-order valence-corrected chi connectivity index (χ3v) is 1.52. The summed E-state index contributed by atoms with van der Waals surface area (Å²) >= 11 is 0.